The zero-order valence-electron chi connectivity index (χ0n) is 11.3. The fourth-order valence-corrected chi connectivity index (χ4v) is 2.33. The molecule has 1 aliphatic carbocycles. The smallest absolute Gasteiger partial charge is 0.190 e. The maximum Gasteiger partial charge on any atom is 0.190 e. The lowest BCUT2D eigenvalue weighted by atomic mass is 9.87. The van der Waals surface area contributed by atoms with E-state index < -0.39 is 0 Å². The van der Waals surface area contributed by atoms with Crippen molar-refractivity contribution in [2.75, 3.05) is 20.1 Å². The largest absolute Gasteiger partial charge is 0.356 e. The van der Waals surface area contributed by atoms with Gasteiger partial charge >= 0.3 is 0 Å². The van der Waals surface area contributed by atoms with Crippen molar-refractivity contribution in [2.24, 2.45) is 10.9 Å². The van der Waals surface area contributed by atoms with Gasteiger partial charge in [0.2, 0.25) is 0 Å². The number of rotatable bonds is 5. The van der Waals surface area contributed by atoms with E-state index in [0.717, 1.165) is 31.4 Å². The van der Waals surface area contributed by atoms with Gasteiger partial charge in [-0.1, -0.05) is 39.0 Å². The fourth-order valence-electron chi connectivity index (χ4n) is 2.33. The SMILES string of the molecule is CCCNC(=NC)NCCC1CCCCC1.I. The summed E-state index contributed by atoms with van der Waals surface area (Å²) in [5.41, 5.74) is 0. The number of hydrogen-bond acceptors (Lipinski definition) is 1. The van der Waals surface area contributed by atoms with Crippen LogP contribution in [-0.4, -0.2) is 26.1 Å². The lowest BCUT2D eigenvalue weighted by Gasteiger charge is -2.22. The van der Waals surface area contributed by atoms with Gasteiger partial charge in [-0.25, -0.2) is 0 Å². The van der Waals surface area contributed by atoms with Crippen molar-refractivity contribution >= 4 is 29.9 Å². The molecule has 3 nitrogen and oxygen atoms in total. The van der Waals surface area contributed by atoms with Gasteiger partial charge in [-0.05, 0) is 18.8 Å². The molecule has 102 valence electrons. The Morgan fingerprint density at radius 2 is 1.76 bits per heavy atom. The highest BCUT2D eigenvalue weighted by Gasteiger charge is 2.12. The van der Waals surface area contributed by atoms with E-state index in [2.05, 4.69) is 22.5 Å². The zero-order valence-corrected chi connectivity index (χ0v) is 13.6. The average Bonchev–Trinajstić information content (AvgIpc) is 2.35. The van der Waals surface area contributed by atoms with Gasteiger partial charge in [0.05, 0.1) is 0 Å². The third kappa shape index (κ3) is 7.84. The van der Waals surface area contributed by atoms with E-state index in [1.165, 1.54) is 38.5 Å². The first-order chi connectivity index (χ1) is 7.86. The molecule has 0 unspecified atom stereocenters. The van der Waals surface area contributed by atoms with E-state index in [1.54, 1.807) is 0 Å². The van der Waals surface area contributed by atoms with Crippen LogP contribution >= 0.6 is 24.0 Å². The van der Waals surface area contributed by atoms with Crippen LogP contribution in [0.1, 0.15) is 51.9 Å². The first kappa shape index (κ1) is 17.0. The Balaban J connectivity index is 0.00000256. The van der Waals surface area contributed by atoms with Crippen LogP contribution in [0.25, 0.3) is 0 Å². The highest BCUT2D eigenvalue weighted by atomic mass is 127. The molecule has 0 amide bonds. The van der Waals surface area contributed by atoms with Gasteiger partial charge in [-0.15, -0.1) is 24.0 Å². The summed E-state index contributed by atoms with van der Waals surface area (Å²) in [4.78, 5) is 4.20. The quantitative estimate of drug-likeness (QED) is 0.453. The number of nitrogens with one attached hydrogen (secondary N) is 2. The summed E-state index contributed by atoms with van der Waals surface area (Å²) in [6.07, 6.45) is 9.63. The first-order valence-corrected chi connectivity index (χ1v) is 6.81. The standard InChI is InChI=1S/C13H27N3.HI/c1-3-10-15-13(14-2)16-11-9-12-7-5-4-6-8-12;/h12H,3-11H2,1-2H3,(H2,14,15,16);1H. The van der Waals surface area contributed by atoms with Crippen LogP contribution in [0.2, 0.25) is 0 Å². The molecular formula is C13H28IN3. The topological polar surface area (TPSA) is 36.4 Å². The molecule has 17 heavy (non-hydrogen) atoms. The lowest BCUT2D eigenvalue weighted by molar-refractivity contribution is 0.339. The third-order valence-corrected chi connectivity index (χ3v) is 3.34. The number of aliphatic imine (C=N–C) groups is 1. The Kier molecular flexibility index (Phi) is 11.1. The molecule has 1 fully saturated rings. The number of halogens is 1. The summed E-state index contributed by atoms with van der Waals surface area (Å²) in [5, 5.41) is 6.69. The minimum absolute atomic E-state index is 0. The number of nitrogens with zero attached hydrogens (tertiary/aromatic N) is 1. The van der Waals surface area contributed by atoms with Gasteiger partial charge in [0.1, 0.15) is 0 Å². The van der Waals surface area contributed by atoms with E-state index in [0.29, 0.717) is 0 Å². The molecule has 1 rings (SSSR count). The molecule has 2 N–H and O–H groups in total. The molecular weight excluding hydrogens is 325 g/mol. The molecule has 1 aliphatic rings. The predicted molar refractivity (Wildman–Crippen MR) is 86.3 cm³/mol. The summed E-state index contributed by atoms with van der Waals surface area (Å²) in [5.74, 6) is 1.91. The van der Waals surface area contributed by atoms with Gasteiger partial charge in [-0.3, -0.25) is 4.99 Å². The minimum Gasteiger partial charge on any atom is -0.356 e. The molecule has 1 saturated carbocycles. The highest BCUT2D eigenvalue weighted by molar-refractivity contribution is 14.0. The van der Waals surface area contributed by atoms with Gasteiger partial charge in [-0.2, -0.15) is 0 Å². The Hall–Kier alpha value is 0. The van der Waals surface area contributed by atoms with Crippen molar-refractivity contribution in [3.63, 3.8) is 0 Å². The molecule has 0 aromatic rings. The number of hydrogen-bond donors (Lipinski definition) is 2. The lowest BCUT2D eigenvalue weighted by Crippen LogP contribution is -2.38. The average molecular weight is 353 g/mol. The second-order valence-electron chi connectivity index (χ2n) is 4.72. The van der Waals surface area contributed by atoms with Gasteiger partial charge in [0, 0.05) is 20.1 Å². The number of guanidine groups is 1. The Morgan fingerprint density at radius 3 is 2.35 bits per heavy atom. The molecule has 0 saturated heterocycles. The molecule has 0 aliphatic heterocycles. The molecule has 0 radical (unpaired) electrons. The van der Waals surface area contributed by atoms with Crippen molar-refractivity contribution in [3.05, 3.63) is 0 Å². The third-order valence-electron chi connectivity index (χ3n) is 3.34. The fraction of sp³-hybridized carbons (Fsp3) is 0.923. The summed E-state index contributed by atoms with van der Waals surface area (Å²) < 4.78 is 0. The molecule has 0 spiro atoms. The van der Waals surface area contributed by atoms with Crippen molar-refractivity contribution in [3.8, 4) is 0 Å². The summed E-state index contributed by atoms with van der Waals surface area (Å²) in [6, 6.07) is 0. The van der Waals surface area contributed by atoms with E-state index in [1.807, 2.05) is 7.05 Å². The second-order valence-corrected chi connectivity index (χ2v) is 4.72. The van der Waals surface area contributed by atoms with Crippen LogP contribution in [0, 0.1) is 5.92 Å². The molecule has 0 aromatic carbocycles. The summed E-state index contributed by atoms with van der Waals surface area (Å²) >= 11 is 0. The normalized spacial score (nSPS) is 17.4. The minimum atomic E-state index is 0. The van der Waals surface area contributed by atoms with Crippen molar-refractivity contribution < 1.29 is 0 Å². The Labute approximate surface area is 123 Å². The molecule has 0 bridgehead atoms. The van der Waals surface area contributed by atoms with Crippen LogP contribution in [0.4, 0.5) is 0 Å². The summed E-state index contributed by atoms with van der Waals surface area (Å²) in [7, 11) is 1.84. The van der Waals surface area contributed by atoms with E-state index >= 15 is 0 Å². The first-order valence-electron chi connectivity index (χ1n) is 6.81. The monoisotopic (exact) mass is 353 g/mol. The van der Waals surface area contributed by atoms with E-state index in [-0.39, 0.29) is 24.0 Å². The van der Waals surface area contributed by atoms with Gasteiger partial charge in [0.25, 0.3) is 0 Å². The molecule has 0 heterocycles. The van der Waals surface area contributed by atoms with Gasteiger partial charge < -0.3 is 10.6 Å². The van der Waals surface area contributed by atoms with Crippen molar-refractivity contribution in [2.45, 2.75) is 51.9 Å². The summed E-state index contributed by atoms with van der Waals surface area (Å²) in [6.45, 7) is 4.24. The van der Waals surface area contributed by atoms with Crippen LogP contribution in [0.5, 0.6) is 0 Å². The zero-order chi connectivity index (χ0) is 11.6. The van der Waals surface area contributed by atoms with Crippen molar-refractivity contribution in [1.29, 1.82) is 0 Å². The molecule has 4 heteroatoms. The maximum atomic E-state index is 4.20. The van der Waals surface area contributed by atoms with Crippen LogP contribution in [0.15, 0.2) is 4.99 Å². The van der Waals surface area contributed by atoms with Crippen LogP contribution in [0.3, 0.4) is 0 Å². The maximum absolute atomic E-state index is 4.20. The predicted octanol–water partition coefficient (Wildman–Crippen LogP) is 3.15. The molecule has 0 atom stereocenters. The van der Waals surface area contributed by atoms with E-state index in [4.69, 9.17) is 0 Å². The van der Waals surface area contributed by atoms with Crippen molar-refractivity contribution in [1.82, 2.24) is 10.6 Å². The van der Waals surface area contributed by atoms with Crippen LogP contribution in [-0.2, 0) is 0 Å². The van der Waals surface area contributed by atoms with Gasteiger partial charge in [0.15, 0.2) is 5.96 Å². The van der Waals surface area contributed by atoms with Crippen LogP contribution < -0.4 is 10.6 Å². The second kappa shape index (κ2) is 11.1. The Morgan fingerprint density at radius 1 is 1.12 bits per heavy atom. The van der Waals surface area contributed by atoms with E-state index in [9.17, 15) is 0 Å². The highest BCUT2D eigenvalue weighted by Crippen LogP contribution is 2.25. The Bertz CT molecular complexity index is 201. The molecule has 0 aromatic heterocycles.